The summed E-state index contributed by atoms with van der Waals surface area (Å²) in [4.78, 5) is 13.6. The van der Waals surface area contributed by atoms with Gasteiger partial charge in [0.05, 0.1) is 11.4 Å². The van der Waals surface area contributed by atoms with E-state index in [2.05, 4.69) is 39.8 Å². The SMILES string of the molecule is CN(C)CCCn1c(-c2ccn[nH]2)cc2cc(C(N)=O)ccc21. The van der Waals surface area contributed by atoms with Crippen LogP contribution in [0.5, 0.6) is 0 Å². The lowest BCUT2D eigenvalue weighted by atomic mass is 10.1. The Morgan fingerprint density at radius 3 is 2.78 bits per heavy atom. The summed E-state index contributed by atoms with van der Waals surface area (Å²) in [5.41, 5.74) is 9.04. The van der Waals surface area contributed by atoms with Crippen molar-refractivity contribution in [1.29, 1.82) is 0 Å². The number of nitrogens with two attached hydrogens (primary N) is 1. The van der Waals surface area contributed by atoms with Crippen LogP contribution in [0.25, 0.3) is 22.3 Å². The zero-order valence-electron chi connectivity index (χ0n) is 13.4. The highest BCUT2D eigenvalue weighted by Crippen LogP contribution is 2.28. The number of aromatic amines is 1. The van der Waals surface area contributed by atoms with Gasteiger partial charge in [-0.25, -0.2) is 0 Å². The average molecular weight is 311 g/mol. The monoisotopic (exact) mass is 311 g/mol. The quantitative estimate of drug-likeness (QED) is 0.731. The normalized spacial score (nSPS) is 11.4. The molecule has 2 heterocycles. The fourth-order valence-electron chi connectivity index (χ4n) is 2.83. The van der Waals surface area contributed by atoms with Crippen LogP contribution in [0.2, 0.25) is 0 Å². The van der Waals surface area contributed by atoms with Crippen molar-refractivity contribution in [3.8, 4) is 11.4 Å². The molecule has 0 saturated heterocycles. The van der Waals surface area contributed by atoms with E-state index in [4.69, 9.17) is 5.73 Å². The molecule has 6 heteroatoms. The summed E-state index contributed by atoms with van der Waals surface area (Å²) in [5, 5.41) is 8.07. The molecule has 1 aromatic carbocycles. The van der Waals surface area contributed by atoms with E-state index in [0.29, 0.717) is 5.56 Å². The Labute approximate surface area is 134 Å². The smallest absolute Gasteiger partial charge is 0.248 e. The Morgan fingerprint density at radius 1 is 1.30 bits per heavy atom. The number of aryl methyl sites for hydroxylation is 1. The second kappa shape index (κ2) is 6.26. The number of carbonyl (C=O) groups excluding carboxylic acids is 1. The summed E-state index contributed by atoms with van der Waals surface area (Å²) in [6.07, 6.45) is 2.78. The van der Waals surface area contributed by atoms with Crippen LogP contribution >= 0.6 is 0 Å². The number of primary amides is 1. The number of nitrogens with one attached hydrogen (secondary N) is 1. The van der Waals surface area contributed by atoms with E-state index in [9.17, 15) is 4.79 Å². The van der Waals surface area contributed by atoms with Crippen LogP contribution in [0.15, 0.2) is 36.5 Å². The molecular weight excluding hydrogens is 290 g/mol. The van der Waals surface area contributed by atoms with Crippen LogP contribution in [0.3, 0.4) is 0 Å². The van der Waals surface area contributed by atoms with Crippen molar-refractivity contribution in [3.05, 3.63) is 42.1 Å². The van der Waals surface area contributed by atoms with Gasteiger partial charge in [-0.1, -0.05) is 0 Å². The predicted octanol–water partition coefficient (Wildman–Crippen LogP) is 2.08. The van der Waals surface area contributed by atoms with E-state index in [1.165, 1.54) is 0 Å². The largest absolute Gasteiger partial charge is 0.366 e. The van der Waals surface area contributed by atoms with Crippen LogP contribution in [-0.2, 0) is 6.54 Å². The first-order chi connectivity index (χ1) is 11.1. The Morgan fingerprint density at radius 2 is 2.13 bits per heavy atom. The van der Waals surface area contributed by atoms with E-state index >= 15 is 0 Å². The van der Waals surface area contributed by atoms with Crippen molar-refractivity contribution in [2.75, 3.05) is 20.6 Å². The molecule has 2 aromatic heterocycles. The molecule has 0 saturated carbocycles. The van der Waals surface area contributed by atoms with Gasteiger partial charge in [0.15, 0.2) is 0 Å². The molecule has 1 amide bonds. The Bertz CT molecular complexity index is 817. The van der Waals surface area contributed by atoms with Crippen molar-refractivity contribution < 1.29 is 4.79 Å². The summed E-state index contributed by atoms with van der Waals surface area (Å²) >= 11 is 0. The maximum absolute atomic E-state index is 11.4. The van der Waals surface area contributed by atoms with Crippen LogP contribution < -0.4 is 5.73 Å². The van der Waals surface area contributed by atoms with Gasteiger partial charge in [-0.05, 0) is 57.4 Å². The van der Waals surface area contributed by atoms with E-state index in [-0.39, 0.29) is 0 Å². The van der Waals surface area contributed by atoms with Crippen LogP contribution in [0, 0.1) is 0 Å². The second-order valence-corrected chi connectivity index (χ2v) is 5.95. The molecule has 0 aliphatic heterocycles. The molecule has 0 atom stereocenters. The van der Waals surface area contributed by atoms with Gasteiger partial charge >= 0.3 is 0 Å². The summed E-state index contributed by atoms with van der Waals surface area (Å²) < 4.78 is 2.26. The number of hydrogen-bond acceptors (Lipinski definition) is 3. The van der Waals surface area contributed by atoms with Crippen LogP contribution in [-0.4, -0.2) is 46.2 Å². The number of H-pyrrole nitrogens is 1. The van der Waals surface area contributed by atoms with Crippen molar-refractivity contribution in [1.82, 2.24) is 19.7 Å². The number of hydrogen-bond donors (Lipinski definition) is 2. The van der Waals surface area contributed by atoms with Crippen molar-refractivity contribution in [3.63, 3.8) is 0 Å². The Kier molecular flexibility index (Phi) is 4.16. The third kappa shape index (κ3) is 3.12. The maximum Gasteiger partial charge on any atom is 0.248 e. The number of rotatable bonds is 6. The first-order valence-corrected chi connectivity index (χ1v) is 7.64. The number of nitrogens with zero attached hydrogens (tertiary/aromatic N) is 3. The molecule has 0 unspecified atom stereocenters. The van der Waals surface area contributed by atoms with E-state index < -0.39 is 5.91 Å². The summed E-state index contributed by atoms with van der Waals surface area (Å²) in [6.45, 7) is 1.91. The first-order valence-electron chi connectivity index (χ1n) is 7.64. The topological polar surface area (TPSA) is 79.9 Å². The molecular formula is C17H21N5O. The lowest BCUT2D eigenvalue weighted by Crippen LogP contribution is -2.15. The average Bonchev–Trinajstić information content (AvgIpc) is 3.13. The lowest BCUT2D eigenvalue weighted by molar-refractivity contribution is 0.100. The number of aromatic nitrogens is 3. The fraction of sp³-hybridized carbons (Fsp3) is 0.294. The summed E-state index contributed by atoms with van der Waals surface area (Å²) in [7, 11) is 4.14. The zero-order valence-corrected chi connectivity index (χ0v) is 13.4. The van der Waals surface area contributed by atoms with Crippen molar-refractivity contribution in [2.45, 2.75) is 13.0 Å². The molecule has 0 aliphatic carbocycles. The number of amides is 1. The van der Waals surface area contributed by atoms with Gasteiger partial charge < -0.3 is 15.2 Å². The third-order valence-electron chi connectivity index (χ3n) is 3.95. The van der Waals surface area contributed by atoms with Gasteiger partial charge in [0, 0.05) is 29.2 Å². The summed E-state index contributed by atoms with van der Waals surface area (Å²) in [6, 6.07) is 9.62. The highest BCUT2D eigenvalue weighted by atomic mass is 16.1. The van der Waals surface area contributed by atoms with Gasteiger partial charge in [0.2, 0.25) is 5.91 Å². The zero-order chi connectivity index (χ0) is 16.4. The molecule has 6 nitrogen and oxygen atoms in total. The van der Waals surface area contributed by atoms with Crippen LogP contribution in [0.4, 0.5) is 0 Å². The molecule has 23 heavy (non-hydrogen) atoms. The third-order valence-corrected chi connectivity index (χ3v) is 3.95. The molecule has 3 rings (SSSR count). The number of fused-ring (bicyclic) bond motifs is 1. The molecule has 3 aromatic rings. The summed E-state index contributed by atoms with van der Waals surface area (Å²) in [5.74, 6) is -0.407. The van der Waals surface area contributed by atoms with Gasteiger partial charge in [0.25, 0.3) is 0 Å². The molecule has 0 aliphatic rings. The highest BCUT2D eigenvalue weighted by Gasteiger charge is 2.13. The van der Waals surface area contributed by atoms with Gasteiger partial charge in [0.1, 0.15) is 0 Å². The molecule has 0 spiro atoms. The molecule has 0 bridgehead atoms. The maximum atomic E-state index is 11.4. The standard InChI is InChI=1S/C17H21N5O/c1-21(2)8-3-9-22-15-5-4-12(17(18)23)10-13(15)11-16(22)14-6-7-19-20-14/h4-7,10-11H,3,8-9H2,1-2H3,(H2,18,23)(H,19,20). The number of benzene rings is 1. The van der Waals surface area contributed by atoms with E-state index in [1.54, 1.807) is 12.3 Å². The van der Waals surface area contributed by atoms with Gasteiger partial charge in [-0.3, -0.25) is 9.89 Å². The fourth-order valence-corrected chi connectivity index (χ4v) is 2.83. The molecule has 120 valence electrons. The Hall–Kier alpha value is -2.60. The molecule has 3 N–H and O–H groups in total. The molecule has 0 fully saturated rings. The Balaban J connectivity index is 2.05. The number of carbonyl (C=O) groups is 1. The highest BCUT2D eigenvalue weighted by molar-refractivity contribution is 5.98. The van der Waals surface area contributed by atoms with Crippen LogP contribution in [0.1, 0.15) is 16.8 Å². The van der Waals surface area contributed by atoms with Crippen molar-refractivity contribution >= 4 is 16.8 Å². The minimum atomic E-state index is -0.407. The lowest BCUT2D eigenvalue weighted by Gasteiger charge is -2.13. The minimum absolute atomic E-state index is 0.407. The first kappa shape index (κ1) is 15.3. The predicted molar refractivity (Wildman–Crippen MR) is 91.2 cm³/mol. The van der Waals surface area contributed by atoms with Crippen molar-refractivity contribution in [2.24, 2.45) is 5.73 Å². The van der Waals surface area contributed by atoms with E-state index in [1.807, 2.05) is 18.2 Å². The van der Waals surface area contributed by atoms with Gasteiger partial charge in [-0.15, -0.1) is 0 Å². The minimum Gasteiger partial charge on any atom is -0.366 e. The second-order valence-electron chi connectivity index (χ2n) is 5.95. The van der Waals surface area contributed by atoms with E-state index in [0.717, 1.165) is 41.8 Å². The van der Waals surface area contributed by atoms with Gasteiger partial charge in [-0.2, -0.15) is 5.10 Å². The molecule has 0 radical (unpaired) electrons.